The summed E-state index contributed by atoms with van der Waals surface area (Å²) in [7, 11) is 0. The predicted molar refractivity (Wildman–Crippen MR) is 226 cm³/mol. The van der Waals surface area contributed by atoms with E-state index in [1.54, 1.807) is 0 Å². The largest absolute Gasteiger partial charge is 0.435 e. The number of para-hydroxylation sites is 2. The summed E-state index contributed by atoms with van der Waals surface area (Å²) in [6.07, 6.45) is 0. The third-order valence-electron chi connectivity index (χ3n) is 10.5. The van der Waals surface area contributed by atoms with E-state index in [1.165, 1.54) is 21.8 Å². The summed E-state index contributed by atoms with van der Waals surface area (Å²) in [5.74, 6) is 2.45. The van der Waals surface area contributed by atoms with Gasteiger partial charge in [0.15, 0.2) is 23.1 Å². The second-order valence-electron chi connectivity index (χ2n) is 13.9. The van der Waals surface area contributed by atoms with Crippen LogP contribution < -0.4 is 0 Å². The van der Waals surface area contributed by atoms with Crippen molar-refractivity contribution in [3.63, 3.8) is 0 Å². The summed E-state index contributed by atoms with van der Waals surface area (Å²) in [6.45, 7) is 0. The van der Waals surface area contributed by atoms with Gasteiger partial charge in [0.2, 0.25) is 5.89 Å². The molecule has 0 unspecified atom stereocenters. The van der Waals surface area contributed by atoms with Gasteiger partial charge in [0.25, 0.3) is 0 Å². The fourth-order valence-corrected chi connectivity index (χ4v) is 7.81. The monoisotopic (exact) mass is 717 g/mol. The number of hydrogen-bond donors (Lipinski definition) is 0. The third-order valence-corrected chi connectivity index (χ3v) is 10.5. The molecule has 0 fully saturated rings. The van der Waals surface area contributed by atoms with Crippen LogP contribution in [-0.2, 0) is 0 Å². The molecule has 0 aliphatic heterocycles. The van der Waals surface area contributed by atoms with Gasteiger partial charge in [-0.1, -0.05) is 133 Å². The number of hydrogen-bond acceptors (Lipinski definition) is 5. The Morgan fingerprint density at radius 1 is 0.375 bits per heavy atom. The third kappa shape index (κ3) is 5.35. The van der Waals surface area contributed by atoms with Gasteiger partial charge in [-0.15, -0.1) is 0 Å². The van der Waals surface area contributed by atoms with E-state index in [9.17, 15) is 0 Å². The molecule has 0 aliphatic carbocycles. The highest BCUT2D eigenvalue weighted by Crippen LogP contribution is 2.38. The first kappa shape index (κ1) is 31.8. The van der Waals surface area contributed by atoms with E-state index in [0.29, 0.717) is 23.4 Å². The van der Waals surface area contributed by atoms with Crippen LogP contribution in [0.4, 0.5) is 0 Å². The summed E-state index contributed by atoms with van der Waals surface area (Å²) in [6, 6.07) is 64.6. The Morgan fingerprint density at radius 3 is 1.52 bits per heavy atom. The first-order valence-electron chi connectivity index (χ1n) is 18.6. The lowest BCUT2D eigenvalue weighted by atomic mass is 9.96. The summed E-state index contributed by atoms with van der Waals surface area (Å²) in [4.78, 5) is 19.9. The van der Waals surface area contributed by atoms with Crippen LogP contribution in [0.1, 0.15) is 0 Å². The van der Waals surface area contributed by atoms with Crippen molar-refractivity contribution >= 4 is 43.7 Å². The molecular formula is C50H31N5O. The standard InChI is InChI=1S/C50H31N5O/c1-3-12-34(13-4-1)47-52-48(54-49(53-47)36-26-29-38(30-27-36)55-43-20-9-7-17-40(43)41-18-8-10-21-44(41)55)35-24-22-32(23-25-35)39-19-11-16-33-28-31-42-46(45(33)39)56-50(51-42)37-14-5-2-6-15-37/h1-31H. The van der Waals surface area contributed by atoms with Crippen molar-refractivity contribution in [2.75, 3.05) is 0 Å². The summed E-state index contributed by atoms with van der Waals surface area (Å²) in [5, 5.41) is 4.59. The summed E-state index contributed by atoms with van der Waals surface area (Å²) in [5.41, 5.74) is 10.8. The number of benzene rings is 8. The van der Waals surface area contributed by atoms with Crippen molar-refractivity contribution in [1.29, 1.82) is 0 Å². The Bertz CT molecular complexity index is 3170. The molecule has 8 aromatic carbocycles. The van der Waals surface area contributed by atoms with Gasteiger partial charge in [0, 0.05) is 44.1 Å². The second-order valence-corrected chi connectivity index (χ2v) is 13.9. The Hall–Kier alpha value is -7.70. The molecule has 0 saturated carbocycles. The molecule has 0 bridgehead atoms. The van der Waals surface area contributed by atoms with Gasteiger partial charge in [-0.2, -0.15) is 0 Å². The molecule has 6 nitrogen and oxygen atoms in total. The molecule has 0 spiro atoms. The van der Waals surface area contributed by atoms with E-state index in [2.05, 4.69) is 126 Å². The van der Waals surface area contributed by atoms with Crippen molar-refractivity contribution in [3.8, 4) is 62.4 Å². The molecule has 0 N–H and O–H groups in total. The number of oxazole rings is 1. The van der Waals surface area contributed by atoms with Crippen LogP contribution in [-0.4, -0.2) is 24.5 Å². The smallest absolute Gasteiger partial charge is 0.227 e. The van der Waals surface area contributed by atoms with Gasteiger partial charge in [-0.25, -0.2) is 19.9 Å². The van der Waals surface area contributed by atoms with Gasteiger partial charge in [-0.3, -0.25) is 0 Å². The fraction of sp³-hybridized carbons (Fsp3) is 0. The molecule has 0 saturated heterocycles. The molecule has 3 heterocycles. The Balaban J connectivity index is 0.991. The maximum Gasteiger partial charge on any atom is 0.227 e. The molecule has 0 radical (unpaired) electrons. The predicted octanol–water partition coefficient (Wildman–Crippen LogP) is 12.6. The average Bonchev–Trinajstić information content (AvgIpc) is 3.87. The highest BCUT2D eigenvalue weighted by Gasteiger charge is 2.17. The fourth-order valence-electron chi connectivity index (χ4n) is 7.81. The first-order chi connectivity index (χ1) is 27.7. The summed E-state index contributed by atoms with van der Waals surface area (Å²) < 4.78 is 8.77. The van der Waals surface area contributed by atoms with E-state index in [0.717, 1.165) is 60.9 Å². The van der Waals surface area contributed by atoms with Crippen LogP contribution in [0.15, 0.2) is 192 Å². The molecule has 56 heavy (non-hydrogen) atoms. The molecule has 0 aliphatic rings. The number of nitrogens with zero attached hydrogens (tertiary/aromatic N) is 5. The molecular weight excluding hydrogens is 687 g/mol. The van der Waals surface area contributed by atoms with Crippen LogP contribution >= 0.6 is 0 Å². The molecule has 11 rings (SSSR count). The van der Waals surface area contributed by atoms with Crippen molar-refractivity contribution in [2.24, 2.45) is 0 Å². The van der Waals surface area contributed by atoms with Crippen LogP contribution in [0.5, 0.6) is 0 Å². The zero-order valence-electron chi connectivity index (χ0n) is 30.0. The Kier molecular flexibility index (Phi) is 7.38. The van der Waals surface area contributed by atoms with E-state index >= 15 is 0 Å². The van der Waals surface area contributed by atoms with E-state index in [4.69, 9.17) is 24.4 Å². The van der Waals surface area contributed by atoms with Crippen molar-refractivity contribution in [2.45, 2.75) is 0 Å². The van der Waals surface area contributed by atoms with Gasteiger partial charge < -0.3 is 8.98 Å². The quantitative estimate of drug-likeness (QED) is 0.171. The maximum absolute atomic E-state index is 6.46. The van der Waals surface area contributed by atoms with Crippen LogP contribution in [0.25, 0.3) is 106 Å². The zero-order chi connectivity index (χ0) is 37.0. The van der Waals surface area contributed by atoms with Gasteiger partial charge in [-0.05, 0) is 71.1 Å². The zero-order valence-corrected chi connectivity index (χ0v) is 30.0. The molecule has 262 valence electrons. The lowest BCUT2D eigenvalue weighted by Crippen LogP contribution is -2.00. The van der Waals surface area contributed by atoms with Crippen LogP contribution in [0, 0.1) is 0 Å². The number of fused-ring (bicyclic) bond motifs is 6. The van der Waals surface area contributed by atoms with Crippen molar-refractivity contribution in [3.05, 3.63) is 188 Å². The van der Waals surface area contributed by atoms with Gasteiger partial charge in [0.1, 0.15) is 5.52 Å². The topological polar surface area (TPSA) is 69.6 Å². The van der Waals surface area contributed by atoms with E-state index < -0.39 is 0 Å². The van der Waals surface area contributed by atoms with Crippen LogP contribution in [0.3, 0.4) is 0 Å². The molecule has 11 aromatic rings. The average molecular weight is 718 g/mol. The van der Waals surface area contributed by atoms with Crippen molar-refractivity contribution in [1.82, 2.24) is 24.5 Å². The number of aromatic nitrogens is 5. The minimum absolute atomic E-state index is 0.606. The van der Waals surface area contributed by atoms with Crippen molar-refractivity contribution < 1.29 is 4.42 Å². The number of rotatable bonds is 6. The highest BCUT2D eigenvalue weighted by atomic mass is 16.3. The Morgan fingerprint density at radius 2 is 0.893 bits per heavy atom. The molecule has 3 aromatic heterocycles. The summed E-state index contributed by atoms with van der Waals surface area (Å²) >= 11 is 0. The first-order valence-corrected chi connectivity index (χ1v) is 18.6. The molecule has 6 heteroatoms. The normalized spacial score (nSPS) is 11.6. The molecule has 0 amide bonds. The lowest BCUT2D eigenvalue weighted by Gasteiger charge is -2.11. The van der Waals surface area contributed by atoms with Gasteiger partial charge >= 0.3 is 0 Å². The second kappa shape index (κ2) is 13.0. The van der Waals surface area contributed by atoms with Crippen LogP contribution in [0.2, 0.25) is 0 Å². The minimum atomic E-state index is 0.606. The van der Waals surface area contributed by atoms with Gasteiger partial charge in [0.05, 0.1) is 11.0 Å². The van der Waals surface area contributed by atoms with E-state index in [1.807, 2.05) is 66.7 Å². The van der Waals surface area contributed by atoms with E-state index in [-0.39, 0.29) is 0 Å². The molecule has 0 atom stereocenters. The minimum Gasteiger partial charge on any atom is -0.435 e. The Labute approximate surface area is 322 Å². The highest BCUT2D eigenvalue weighted by molar-refractivity contribution is 6.11. The lowest BCUT2D eigenvalue weighted by molar-refractivity contribution is 0.623. The maximum atomic E-state index is 6.46. The SMILES string of the molecule is c1ccc(-c2nc(-c3ccc(-c4cccc5ccc6nc(-c7ccccc7)oc6c45)cc3)nc(-c3ccc(-n4c5ccccc5c5ccccc54)cc3)n2)cc1.